The molecule has 0 saturated heterocycles. The maximum Gasteiger partial charge on any atom is 0.0972 e. The molecule has 0 unspecified atom stereocenters. The summed E-state index contributed by atoms with van der Waals surface area (Å²) in [6.07, 6.45) is 0.908. The normalized spacial score (nSPS) is 11.8. The van der Waals surface area contributed by atoms with Crippen molar-refractivity contribution in [3.8, 4) is 0 Å². The van der Waals surface area contributed by atoms with Gasteiger partial charge in [0.15, 0.2) is 0 Å². The van der Waals surface area contributed by atoms with Crippen LogP contribution in [0.25, 0.3) is 0 Å². The van der Waals surface area contributed by atoms with Crippen molar-refractivity contribution in [2.45, 2.75) is 39.2 Å². The molecule has 0 aliphatic rings. The highest BCUT2D eigenvalue weighted by Crippen LogP contribution is 2.25. The molecule has 3 heteroatoms. The summed E-state index contributed by atoms with van der Waals surface area (Å²) in [4.78, 5) is 4.71. The number of rotatable bonds is 3. The van der Waals surface area contributed by atoms with E-state index >= 15 is 0 Å². The lowest BCUT2D eigenvalue weighted by Gasteiger charge is -2.14. The number of hydrogen-bond donors (Lipinski definition) is 1. The van der Waals surface area contributed by atoms with Gasteiger partial charge in [-0.3, -0.25) is 0 Å². The molecule has 18 heavy (non-hydrogen) atoms. The Labute approximate surface area is 113 Å². The standard InChI is InChI=1S/C15H20N2S/c1-15(2,3)13-10-18-14(17-13)8-11-4-6-12(9-16)7-5-11/h4-7,10H,8-9,16H2,1-3H3. The molecule has 2 N–H and O–H groups in total. The number of nitrogens with two attached hydrogens (primary N) is 1. The molecule has 96 valence electrons. The summed E-state index contributed by atoms with van der Waals surface area (Å²) in [5.74, 6) is 0. The molecule has 1 aromatic heterocycles. The van der Waals surface area contributed by atoms with Gasteiger partial charge in [-0.2, -0.15) is 0 Å². The van der Waals surface area contributed by atoms with Crippen LogP contribution in [0.15, 0.2) is 29.6 Å². The minimum Gasteiger partial charge on any atom is -0.326 e. The van der Waals surface area contributed by atoms with Gasteiger partial charge in [-0.15, -0.1) is 11.3 Å². The SMILES string of the molecule is CC(C)(C)c1csc(Cc2ccc(CN)cc2)n1. The second-order valence-corrected chi connectivity index (χ2v) is 6.52. The molecule has 0 aliphatic heterocycles. The summed E-state index contributed by atoms with van der Waals surface area (Å²) < 4.78 is 0. The van der Waals surface area contributed by atoms with E-state index < -0.39 is 0 Å². The summed E-state index contributed by atoms with van der Waals surface area (Å²) in [5, 5.41) is 3.35. The van der Waals surface area contributed by atoms with Crippen molar-refractivity contribution in [1.29, 1.82) is 0 Å². The van der Waals surface area contributed by atoms with E-state index in [1.165, 1.54) is 21.8 Å². The van der Waals surface area contributed by atoms with Crippen molar-refractivity contribution in [3.63, 3.8) is 0 Å². The monoisotopic (exact) mass is 260 g/mol. The molecule has 2 aromatic rings. The van der Waals surface area contributed by atoms with Crippen molar-refractivity contribution in [1.82, 2.24) is 4.98 Å². The van der Waals surface area contributed by atoms with Crippen LogP contribution < -0.4 is 5.73 Å². The van der Waals surface area contributed by atoms with Crippen molar-refractivity contribution in [2.24, 2.45) is 5.73 Å². The minimum absolute atomic E-state index is 0.137. The Morgan fingerprint density at radius 2 is 1.72 bits per heavy atom. The van der Waals surface area contributed by atoms with E-state index in [-0.39, 0.29) is 5.41 Å². The van der Waals surface area contributed by atoms with Crippen molar-refractivity contribution in [3.05, 3.63) is 51.5 Å². The number of hydrogen-bond acceptors (Lipinski definition) is 3. The second kappa shape index (κ2) is 5.21. The van der Waals surface area contributed by atoms with Gasteiger partial charge < -0.3 is 5.73 Å². The first-order valence-corrected chi connectivity index (χ1v) is 7.10. The van der Waals surface area contributed by atoms with E-state index in [1.807, 2.05) is 0 Å². The third-order valence-corrected chi connectivity index (χ3v) is 3.78. The summed E-state index contributed by atoms with van der Waals surface area (Å²) >= 11 is 1.75. The van der Waals surface area contributed by atoms with Crippen LogP contribution in [0.4, 0.5) is 0 Å². The largest absolute Gasteiger partial charge is 0.326 e. The predicted molar refractivity (Wildman–Crippen MR) is 78.0 cm³/mol. The fourth-order valence-electron chi connectivity index (χ4n) is 1.70. The van der Waals surface area contributed by atoms with Gasteiger partial charge in [0.2, 0.25) is 0 Å². The third-order valence-electron chi connectivity index (χ3n) is 2.93. The fraction of sp³-hybridized carbons (Fsp3) is 0.400. The van der Waals surface area contributed by atoms with E-state index in [1.54, 1.807) is 11.3 Å². The number of thiazole rings is 1. The lowest BCUT2D eigenvalue weighted by molar-refractivity contribution is 0.571. The van der Waals surface area contributed by atoms with Gasteiger partial charge in [0.25, 0.3) is 0 Å². The smallest absolute Gasteiger partial charge is 0.0972 e. The fourth-order valence-corrected chi connectivity index (χ4v) is 2.76. The highest BCUT2D eigenvalue weighted by Gasteiger charge is 2.17. The zero-order chi connectivity index (χ0) is 13.2. The molecular weight excluding hydrogens is 240 g/mol. The van der Waals surface area contributed by atoms with Crippen LogP contribution in [-0.4, -0.2) is 4.98 Å². The maximum atomic E-state index is 5.59. The average molecular weight is 260 g/mol. The third kappa shape index (κ3) is 3.18. The summed E-state index contributed by atoms with van der Waals surface area (Å²) in [5.41, 5.74) is 9.38. The van der Waals surface area contributed by atoms with Gasteiger partial charge in [-0.1, -0.05) is 45.0 Å². The Morgan fingerprint density at radius 1 is 1.11 bits per heavy atom. The van der Waals surface area contributed by atoms with E-state index in [4.69, 9.17) is 10.7 Å². The number of benzene rings is 1. The average Bonchev–Trinajstić information content (AvgIpc) is 2.78. The Morgan fingerprint density at radius 3 is 2.22 bits per heavy atom. The molecule has 2 nitrogen and oxygen atoms in total. The summed E-state index contributed by atoms with van der Waals surface area (Å²) in [6.45, 7) is 7.19. The summed E-state index contributed by atoms with van der Waals surface area (Å²) in [6, 6.07) is 8.46. The first-order valence-electron chi connectivity index (χ1n) is 6.22. The first-order chi connectivity index (χ1) is 8.49. The molecular formula is C15H20N2S. The van der Waals surface area contributed by atoms with Gasteiger partial charge in [0.05, 0.1) is 10.7 Å². The number of aromatic nitrogens is 1. The van der Waals surface area contributed by atoms with E-state index in [0.717, 1.165) is 6.42 Å². The molecule has 0 bridgehead atoms. The number of nitrogens with zero attached hydrogens (tertiary/aromatic N) is 1. The van der Waals surface area contributed by atoms with E-state index in [2.05, 4.69) is 50.4 Å². The van der Waals surface area contributed by atoms with Crippen LogP contribution in [0, 0.1) is 0 Å². The van der Waals surface area contributed by atoms with Crippen molar-refractivity contribution >= 4 is 11.3 Å². The Bertz CT molecular complexity index is 506. The van der Waals surface area contributed by atoms with Crippen molar-refractivity contribution < 1.29 is 0 Å². The zero-order valence-electron chi connectivity index (χ0n) is 11.2. The summed E-state index contributed by atoms with van der Waals surface area (Å²) in [7, 11) is 0. The molecule has 1 aromatic carbocycles. The van der Waals surface area contributed by atoms with Crippen LogP contribution >= 0.6 is 11.3 Å². The lowest BCUT2D eigenvalue weighted by atomic mass is 9.93. The molecule has 0 atom stereocenters. The predicted octanol–water partition coefficient (Wildman–Crippen LogP) is 3.49. The van der Waals surface area contributed by atoms with Crippen LogP contribution in [-0.2, 0) is 18.4 Å². The zero-order valence-corrected chi connectivity index (χ0v) is 12.1. The van der Waals surface area contributed by atoms with Crippen LogP contribution in [0.2, 0.25) is 0 Å². The van der Waals surface area contributed by atoms with Crippen LogP contribution in [0.1, 0.15) is 42.6 Å². The molecule has 0 saturated carbocycles. The Balaban J connectivity index is 2.11. The second-order valence-electron chi connectivity index (χ2n) is 5.57. The highest BCUT2D eigenvalue weighted by atomic mass is 32.1. The molecule has 0 spiro atoms. The Kier molecular flexibility index (Phi) is 3.83. The molecule has 2 rings (SSSR count). The van der Waals surface area contributed by atoms with Crippen LogP contribution in [0.5, 0.6) is 0 Å². The van der Waals surface area contributed by atoms with Gasteiger partial charge >= 0.3 is 0 Å². The van der Waals surface area contributed by atoms with Gasteiger partial charge in [-0.25, -0.2) is 4.98 Å². The molecule has 0 fully saturated rings. The molecule has 0 radical (unpaired) electrons. The first kappa shape index (κ1) is 13.2. The maximum absolute atomic E-state index is 5.59. The lowest BCUT2D eigenvalue weighted by Crippen LogP contribution is -2.11. The van der Waals surface area contributed by atoms with Gasteiger partial charge in [0, 0.05) is 23.8 Å². The molecule has 0 aliphatic carbocycles. The topological polar surface area (TPSA) is 38.9 Å². The van der Waals surface area contributed by atoms with E-state index in [0.29, 0.717) is 6.54 Å². The quantitative estimate of drug-likeness (QED) is 0.917. The van der Waals surface area contributed by atoms with Crippen LogP contribution in [0.3, 0.4) is 0 Å². The van der Waals surface area contributed by atoms with Crippen molar-refractivity contribution in [2.75, 3.05) is 0 Å². The Hall–Kier alpha value is -1.19. The van der Waals surface area contributed by atoms with Gasteiger partial charge in [-0.05, 0) is 11.1 Å². The van der Waals surface area contributed by atoms with Gasteiger partial charge in [0.1, 0.15) is 0 Å². The molecule has 0 amide bonds. The highest BCUT2D eigenvalue weighted by molar-refractivity contribution is 7.09. The minimum atomic E-state index is 0.137. The van der Waals surface area contributed by atoms with E-state index in [9.17, 15) is 0 Å². The molecule has 1 heterocycles.